The first kappa shape index (κ1) is 13.5. The molecule has 0 aliphatic carbocycles. The van der Waals surface area contributed by atoms with Crippen molar-refractivity contribution < 1.29 is 15.0 Å². The van der Waals surface area contributed by atoms with Gasteiger partial charge in [-0.15, -0.1) is 0 Å². The molecule has 1 aromatic rings. The molecule has 13 heavy (non-hydrogen) atoms. The Balaban J connectivity index is 0.00000144. The molecule has 0 amide bonds. The third kappa shape index (κ3) is 3.01. The van der Waals surface area contributed by atoms with Crippen molar-refractivity contribution in [1.29, 1.82) is 0 Å². The van der Waals surface area contributed by atoms with E-state index in [0.717, 1.165) is 3.57 Å². The maximum absolute atomic E-state index is 10.5. The molecular weight excluding hydrogens is 393 g/mol. The summed E-state index contributed by atoms with van der Waals surface area (Å²) < 4.78 is 1.42. The van der Waals surface area contributed by atoms with E-state index in [1.807, 2.05) is 45.2 Å². The molecule has 6 heteroatoms. The van der Waals surface area contributed by atoms with Crippen LogP contribution < -0.4 is 0 Å². The first-order valence-corrected chi connectivity index (χ1v) is 5.10. The van der Waals surface area contributed by atoms with Crippen LogP contribution in [0.5, 0.6) is 5.75 Å². The minimum absolute atomic E-state index is 0. The number of carbonyl (C=O) groups is 1. The predicted octanol–water partition coefficient (Wildman–Crippen LogP) is 1.65. The molecule has 0 spiro atoms. The number of halogens is 2. The number of carboxylic acids is 1. The summed E-state index contributed by atoms with van der Waals surface area (Å²) in [6.07, 6.45) is 0. The fourth-order valence-corrected chi connectivity index (χ4v) is 1.62. The van der Waals surface area contributed by atoms with E-state index in [2.05, 4.69) is 0 Å². The van der Waals surface area contributed by atoms with Gasteiger partial charge in [-0.3, -0.25) is 0 Å². The number of rotatable bonds is 1. The topological polar surface area (TPSA) is 57.5 Å². The predicted molar refractivity (Wildman–Crippen MR) is 67.6 cm³/mol. The van der Waals surface area contributed by atoms with E-state index in [0.29, 0.717) is 3.57 Å². The van der Waals surface area contributed by atoms with Gasteiger partial charge in [0.05, 0.1) is 3.57 Å². The van der Waals surface area contributed by atoms with E-state index in [4.69, 9.17) is 5.11 Å². The summed E-state index contributed by atoms with van der Waals surface area (Å²) in [5.41, 5.74) is -0.0557. The molecule has 0 aromatic heterocycles. The molecule has 0 aliphatic heterocycles. The minimum atomic E-state index is -1.11. The van der Waals surface area contributed by atoms with Gasteiger partial charge in [0.1, 0.15) is 11.3 Å². The van der Waals surface area contributed by atoms with Gasteiger partial charge in [0.2, 0.25) is 0 Å². The van der Waals surface area contributed by atoms with Crippen LogP contribution in [0.1, 0.15) is 10.4 Å². The molecule has 66 valence electrons. The Bertz CT molecular complexity index is 341. The molecule has 0 saturated heterocycles. The summed E-state index contributed by atoms with van der Waals surface area (Å²) in [6.45, 7) is 0. The zero-order chi connectivity index (χ0) is 9.30. The molecule has 2 N–H and O–H groups in total. The molecule has 0 atom stereocenters. The number of phenols is 1. The Hall–Kier alpha value is 0.547. The average molecular weight is 398 g/mol. The van der Waals surface area contributed by atoms with E-state index < -0.39 is 5.97 Å². The molecule has 3 nitrogen and oxygen atoms in total. The second kappa shape index (κ2) is 5.43. The first-order valence-electron chi connectivity index (χ1n) is 2.94. The van der Waals surface area contributed by atoms with Crippen LogP contribution in [0.3, 0.4) is 0 Å². The summed E-state index contributed by atoms with van der Waals surface area (Å²) in [4.78, 5) is 10.5. The van der Waals surface area contributed by atoms with Gasteiger partial charge in [0.25, 0.3) is 0 Å². The molecule has 0 unspecified atom stereocenters. The van der Waals surface area contributed by atoms with Crippen LogP contribution in [0, 0.1) is 7.14 Å². The zero-order valence-corrected chi connectivity index (χ0v) is 10.0. The number of aromatic carboxylic acids is 1. The second-order valence-corrected chi connectivity index (χ2v) is 4.30. The van der Waals surface area contributed by atoms with Crippen LogP contribution in [0.15, 0.2) is 12.1 Å². The van der Waals surface area contributed by atoms with E-state index in [1.165, 1.54) is 6.07 Å². The van der Waals surface area contributed by atoms with Gasteiger partial charge in [0.15, 0.2) is 0 Å². The fourth-order valence-electron chi connectivity index (χ4n) is 0.713. The van der Waals surface area contributed by atoms with Crippen molar-refractivity contribution >= 4 is 70.0 Å². The summed E-state index contributed by atoms with van der Waals surface area (Å²) in [5.74, 6) is -1.27. The van der Waals surface area contributed by atoms with Gasteiger partial charge in [-0.2, -0.15) is 0 Å². The van der Waals surface area contributed by atoms with Crippen molar-refractivity contribution in [2.45, 2.75) is 0 Å². The van der Waals surface area contributed by atoms with E-state index in [1.54, 1.807) is 6.07 Å². The third-order valence-electron chi connectivity index (χ3n) is 1.30. The van der Waals surface area contributed by atoms with Crippen molar-refractivity contribution in [3.63, 3.8) is 0 Å². The molecule has 0 heterocycles. The standard InChI is InChI=1S/C7H4I2O3.Li.H/c8-4-2-1-3(7(11)12)6(10)5(4)9;;/h1-2,10H,(H,11,12);;. The van der Waals surface area contributed by atoms with Gasteiger partial charge in [-0.25, -0.2) is 4.79 Å². The number of hydrogen-bond acceptors (Lipinski definition) is 2. The number of benzene rings is 1. The van der Waals surface area contributed by atoms with Crippen molar-refractivity contribution in [2.75, 3.05) is 0 Å². The van der Waals surface area contributed by atoms with Crippen molar-refractivity contribution in [3.8, 4) is 5.75 Å². The quantitative estimate of drug-likeness (QED) is 0.559. The Kier molecular flexibility index (Phi) is 5.66. The second-order valence-electron chi connectivity index (χ2n) is 2.06. The van der Waals surface area contributed by atoms with Crippen molar-refractivity contribution in [1.82, 2.24) is 0 Å². The Morgan fingerprint density at radius 3 is 2.31 bits per heavy atom. The number of aromatic hydroxyl groups is 1. The van der Waals surface area contributed by atoms with E-state index in [9.17, 15) is 9.90 Å². The van der Waals surface area contributed by atoms with Crippen molar-refractivity contribution in [2.24, 2.45) is 0 Å². The fraction of sp³-hybridized carbons (Fsp3) is 0. The Morgan fingerprint density at radius 1 is 1.31 bits per heavy atom. The summed E-state index contributed by atoms with van der Waals surface area (Å²) in [7, 11) is 0. The molecule has 1 rings (SSSR count). The maximum atomic E-state index is 10.5. The van der Waals surface area contributed by atoms with Crippen LogP contribution in [0.4, 0.5) is 0 Å². The molecule has 0 saturated carbocycles. The molecule has 0 aliphatic rings. The van der Waals surface area contributed by atoms with Crippen LogP contribution in [0.2, 0.25) is 0 Å². The van der Waals surface area contributed by atoms with Crippen LogP contribution in [-0.2, 0) is 0 Å². The molecule has 0 bridgehead atoms. The van der Waals surface area contributed by atoms with Gasteiger partial charge in [-0.1, -0.05) is 0 Å². The van der Waals surface area contributed by atoms with E-state index >= 15 is 0 Å². The SMILES string of the molecule is O=C(O)c1ccc(I)c(I)c1O.[LiH]. The summed E-state index contributed by atoms with van der Waals surface area (Å²) in [5, 5.41) is 18.0. The van der Waals surface area contributed by atoms with Gasteiger partial charge in [0, 0.05) is 3.57 Å². The van der Waals surface area contributed by atoms with Crippen LogP contribution >= 0.6 is 45.2 Å². The number of carboxylic acid groups (broad SMARTS) is 1. The normalized spacial score (nSPS) is 9.08. The molecule has 0 fully saturated rings. The van der Waals surface area contributed by atoms with Crippen molar-refractivity contribution in [3.05, 3.63) is 24.8 Å². The molecule has 1 aromatic carbocycles. The van der Waals surface area contributed by atoms with E-state index in [-0.39, 0.29) is 30.2 Å². The Morgan fingerprint density at radius 2 is 1.85 bits per heavy atom. The average Bonchev–Trinajstić information content (AvgIpc) is 2.00. The Labute approximate surface area is 114 Å². The monoisotopic (exact) mass is 398 g/mol. The third-order valence-corrected chi connectivity index (χ3v) is 4.32. The summed E-state index contributed by atoms with van der Waals surface area (Å²) in [6, 6.07) is 3.05. The van der Waals surface area contributed by atoms with Crippen LogP contribution in [-0.4, -0.2) is 35.0 Å². The van der Waals surface area contributed by atoms with Crippen LogP contribution in [0.25, 0.3) is 0 Å². The van der Waals surface area contributed by atoms with Gasteiger partial charge >= 0.3 is 24.8 Å². The molecular formula is C7H5I2LiO3. The van der Waals surface area contributed by atoms with Gasteiger partial charge < -0.3 is 10.2 Å². The zero-order valence-electron chi connectivity index (χ0n) is 5.71. The van der Waals surface area contributed by atoms with Gasteiger partial charge in [-0.05, 0) is 57.3 Å². The number of hydrogen-bond donors (Lipinski definition) is 2. The molecule has 0 radical (unpaired) electrons. The first-order chi connectivity index (χ1) is 5.54. The summed E-state index contributed by atoms with van der Waals surface area (Å²) >= 11 is 3.94.